The van der Waals surface area contributed by atoms with Crippen LogP contribution in [0.25, 0.3) is 0 Å². The molecule has 0 aromatic carbocycles. The lowest BCUT2D eigenvalue weighted by Crippen LogP contribution is -3.00. The number of carbonyl (C=O) groups is 2. The molecule has 112 valence electrons. The van der Waals surface area contributed by atoms with Crippen molar-refractivity contribution >= 4 is 11.9 Å². The van der Waals surface area contributed by atoms with Gasteiger partial charge in [-0.15, -0.1) is 0 Å². The number of quaternary nitrogens is 1. The summed E-state index contributed by atoms with van der Waals surface area (Å²) in [5.41, 5.74) is 0.574. The van der Waals surface area contributed by atoms with Gasteiger partial charge in [-0.1, -0.05) is 13.2 Å². The topological polar surface area (TPSA) is 66.4 Å². The number of hydrogen-bond donors (Lipinski definition) is 2. The Kier molecular flexibility index (Phi) is 14.1. The molecule has 19 heavy (non-hydrogen) atoms. The Labute approximate surface area is 122 Å². The van der Waals surface area contributed by atoms with Crippen molar-refractivity contribution < 1.29 is 31.6 Å². The van der Waals surface area contributed by atoms with Crippen molar-refractivity contribution in [1.82, 2.24) is 5.32 Å². The maximum atomic E-state index is 11.1. The van der Waals surface area contributed by atoms with E-state index in [0.717, 1.165) is 30.1 Å². The molecule has 5 nitrogen and oxygen atoms in total. The predicted molar refractivity (Wildman–Crippen MR) is 73.2 cm³/mol. The fraction of sp³-hybridized carbons (Fsp3) is 0.538. The van der Waals surface area contributed by atoms with Crippen LogP contribution in [0.4, 0.5) is 0 Å². The van der Waals surface area contributed by atoms with Crippen LogP contribution in [0.2, 0.25) is 0 Å². The largest absolute Gasteiger partial charge is 1.00 e. The fourth-order valence-electron chi connectivity index (χ4n) is 0.906. The molecule has 0 radical (unpaired) electrons. The molecule has 0 rings (SSSR count). The molecule has 0 atom stereocenters. The van der Waals surface area contributed by atoms with E-state index < -0.39 is 5.97 Å². The Morgan fingerprint density at radius 3 is 2.00 bits per heavy atom. The maximum absolute atomic E-state index is 11.1. The van der Waals surface area contributed by atoms with Crippen LogP contribution in [0, 0.1) is 0 Å². The smallest absolute Gasteiger partial charge is 0.327 e. The van der Waals surface area contributed by atoms with Gasteiger partial charge in [0.1, 0.15) is 0 Å². The molecule has 1 amide bonds. The number of hydrogen-bond acceptors (Lipinski definition) is 2. The summed E-state index contributed by atoms with van der Waals surface area (Å²) in [7, 11) is 6.42. The molecular formula is C13H25ClN2O3. The molecule has 0 aromatic heterocycles. The molecule has 0 saturated heterocycles. The van der Waals surface area contributed by atoms with Gasteiger partial charge in [0.15, 0.2) is 0 Å². The van der Waals surface area contributed by atoms with E-state index in [1.165, 1.54) is 0 Å². The molecule has 0 spiro atoms. The van der Waals surface area contributed by atoms with Crippen LogP contribution in [-0.2, 0) is 9.59 Å². The van der Waals surface area contributed by atoms with Crippen molar-refractivity contribution in [3.8, 4) is 0 Å². The second-order valence-electron chi connectivity index (χ2n) is 4.95. The number of aliphatic carboxylic acids is 1. The first-order chi connectivity index (χ1) is 8.10. The zero-order valence-corrected chi connectivity index (χ0v) is 13.0. The van der Waals surface area contributed by atoms with E-state index in [1.807, 2.05) is 0 Å². The van der Waals surface area contributed by atoms with Gasteiger partial charge >= 0.3 is 5.97 Å². The summed E-state index contributed by atoms with van der Waals surface area (Å²) >= 11 is 0. The third-order valence-electron chi connectivity index (χ3n) is 1.85. The van der Waals surface area contributed by atoms with E-state index in [2.05, 4.69) is 39.6 Å². The summed E-state index contributed by atoms with van der Waals surface area (Å²) in [6.07, 6.45) is 1.84. The molecule has 0 aliphatic carbocycles. The van der Waals surface area contributed by atoms with Gasteiger partial charge in [0.05, 0.1) is 27.7 Å². The molecular weight excluding hydrogens is 268 g/mol. The molecule has 0 unspecified atom stereocenters. The average Bonchev–Trinajstić information content (AvgIpc) is 2.23. The third-order valence-corrected chi connectivity index (χ3v) is 1.85. The maximum Gasteiger partial charge on any atom is 0.327 e. The van der Waals surface area contributed by atoms with Crippen molar-refractivity contribution in [3.63, 3.8) is 0 Å². The van der Waals surface area contributed by atoms with E-state index in [1.54, 1.807) is 6.92 Å². The number of nitrogens with zero attached hydrogens (tertiary/aromatic N) is 1. The minimum absolute atomic E-state index is 0. The first-order valence-corrected chi connectivity index (χ1v) is 5.69. The number of rotatable bonds is 6. The minimum Gasteiger partial charge on any atom is -1.00 e. The molecule has 0 fully saturated rings. The van der Waals surface area contributed by atoms with Crippen LogP contribution in [0.1, 0.15) is 13.3 Å². The van der Waals surface area contributed by atoms with E-state index in [9.17, 15) is 9.59 Å². The SMILES string of the molecule is C=C(C)C(=O)NCCC[N+](C)(C)C.C=CC(=O)O.[Cl-]. The van der Waals surface area contributed by atoms with Crippen molar-refractivity contribution in [3.05, 3.63) is 24.8 Å². The Morgan fingerprint density at radius 1 is 1.32 bits per heavy atom. The van der Waals surface area contributed by atoms with Gasteiger partial charge < -0.3 is 27.3 Å². The Hall–Kier alpha value is -1.33. The normalized spacial score (nSPS) is 9.26. The first kappa shape index (κ1) is 22.8. The second-order valence-corrected chi connectivity index (χ2v) is 4.95. The summed E-state index contributed by atoms with van der Waals surface area (Å²) in [6, 6.07) is 0. The molecule has 0 aliphatic rings. The minimum atomic E-state index is -0.981. The zero-order valence-electron chi connectivity index (χ0n) is 12.2. The highest BCUT2D eigenvalue weighted by atomic mass is 35.5. The van der Waals surface area contributed by atoms with Gasteiger partial charge in [0.25, 0.3) is 0 Å². The van der Waals surface area contributed by atoms with Gasteiger partial charge in [-0.25, -0.2) is 4.79 Å². The molecule has 0 saturated carbocycles. The lowest BCUT2D eigenvalue weighted by molar-refractivity contribution is -0.870. The number of nitrogens with one attached hydrogen (secondary N) is 1. The summed E-state index contributed by atoms with van der Waals surface area (Å²) in [5, 5.41) is 10.4. The van der Waals surface area contributed by atoms with E-state index in [0.29, 0.717) is 5.57 Å². The average molecular weight is 293 g/mol. The van der Waals surface area contributed by atoms with Gasteiger partial charge in [0, 0.05) is 24.6 Å². The van der Waals surface area contributed by atoms with Crippen LogP contribution in [-0.4, -0.2) is 55.7 Å². The van der Waals surface area contributed by atoms with Gasteiger partial charge in [-0.2, -0.15) is 0 Å². The number of carboxylic acids is 1. The zero-order chi connectivity index (χ0) is 14.8. The Balaban J connectivity index is -0.000000366. The van der Waals surface area contributed by atoms with Crippen molar-refractivity contribution in [2.24, 2.45) is 0 Å². The summed E-state index contributed by atoms with van der Waals surface area (Å²) < 4.78 is 0.933. The molecule has 0 aromatic rings. The third kappa shape index (κ3) is 22.3. The standard InChI is InChI=1S/C10H20N2O.C3H4O2.ClH/c1-9(2)10(13)11-7-6-8-12(3,4)5;1-2-3(4)5;/h1,6-8H2,2-5H3;2H,1H2,(H,4,5);1H. The molecule has 6 heteroatoms. The molecule has 0 bridgehead atoms. The highest BCUT2D eigenvalue weighted by Gasteiger charge is 2.06. The summed E-state index contributed by atoms with van der Waals surface area (Å²) in [4.78, 5) is 20.3. The summed E-state index contributed by atoms with van der Waals surface area (Å²) in [5.74, 6) is -1.02. The molecule has 0 aliphatic heterocycles. The van der Waals surface area contributed by atoms with E-state index >= 15 is 0 Å². The number of carbonyl (C=O) groups excluding carboxylic acids is 1. The Morgan fingerprint density at radius 2 is 1.74 bits per heavy atom. The number of amides is 1. The monoisotopic (exact) mass is 292 g/mol. The van der Waals surface area contributed by atoms with Crippen LogP contribution >= 0.6 is 0 Å². The van der Waals surface area contributed by atoms with Gasteiger partial charge in [-0.3, -0.25) is 4.79 Å². The van der Waals surface area contributed by atoms with Crippen LogP contribution < -0.4 is 17.7 Å². The quantitative estimate of drug-likeness (QED) is 0.339. The number of halogens is 1. The number of carboxylic acid groups (broad SMARTS) is 1. The highest BCUT2D eigenvalue weighted by Crippen LogP contribution is 1.92. The fourth-order valence-corrected chi connectivity index (χ4v) is 0.906. The van der Waals surface area contributed by atoms with Crippen molar-refractivity contribution in [1.29, 1.82) is 0 Å². The second kappa shape index (κ2) is 11.7. The lowest BCUT2D eigenvalue weighted by Gasteiger charge is -2.23. The summed E-state index contributed by atoms with van der Waals surface area (Å²) in [6.45, 7) is 10.0. The predicted octanol–water partition coefficient (Wildman–Crippen LogP) is -1.96. The molecule has 0 heterocycles. The van der Waals surface area contributed by atoms with E-state index in [4.69, 9.17) is 5.11 Å². The van der Waals surface area contributed by atoms with Crippen LogP contribution in [0.3, 0.4) is 0 Å². The van der Waals surface area contributed by atoms with E-state index in [-0.39, 0.29) is 18.3 Å². The van der Waals surface area contributed by atoms with Crippen LogP contribution in [0.15, 0.2) is 24.8 Å². The molecule has 2 N–H and O–H groups in total. The van der Waals surface area contributed by atoms with Crippen molar-refractivity contribution in [2.75, 3.05) is 34.2 Å². The highest BCUT2D eigenvalue weighted by molar-refractivity contribution is 5.91. The van der Waals surface area contributed by atoms with Gasteiger partial charge in [0.2, 0.25) is 5.91 Å². The Bertz CT molecular complexity index is 310. The first-order valence-electron chi connectivity index (χ1n) is 5.69. The van der Waals surface area contributed by atoms with Gasteiger partial charge in [-0.05, 0) is 6.92 Å². The van der Waals surface area contributed by atoms with Crippen molar-refractivity contribution in [2.45, 2.75) is 13.3 Å². The van der Waals surface area contributed by atoms with Crippen LogP contribution in [0.5, 0.6) is 0 Å². The lowest BCUT2D eigenvalue weighted by atomic mass is 10.3.